The molecule has 0 atom stereocenters. The van der Waals surface area contributed by atoms with Gasteiger partial charge in [0, 0.05) is 30.9 Å². The van der Waals surface area contributed by atoms with Crippen molar-refractivity contribution in [1.82, 2.24) is 4.98 Å². The second-order valence-corrected chi connectivity index (χ2v) is 4.80. The van der Waals surface area contributed by atoms with Crippen LogP contribution in [0.25, 0.3) is 0 Å². The van der Waals surface area contributed by atoms with Crippen LogP contribution in [-0.2, 0) is 6.54 Å². The average molecular weight is 312 g/mol. The van der Waals surface area contributed by atoms with Crippen LogP contribution in [0.3, 0.4) is 0 Å². The second kappa shape index (κ2) is 7.75. The molecule has 2 rings (SSSR count). The maximum Gasteiger partial charge on any atom is 0.270 e. The third-order valence-corrected chi connectivity index (χ3v) is 3.07. The number of hydrogen-bond acceptors (Lipinski definition) is 6. The number of hydrogen-bond donors (Lipinski definition) is 1. The average Bonchev–Trinajstić information content (AvgIpc) is 2.58. The van der Waals surface area contributed by atoms with E-state index in [1.54, 1.807) is 6.20 Å². The summed E-state index contributed by atoms with van der Waals surface area (Å²) in [6.07, 6.45) is 2.56. The third-order valence-electron chi connectivity index (χ3n) is 3.07. The minimum Gasteiger partial charge on any atom is -0.478 e. The van der Waals surface area contributed by atoms with Gasteiger partial charge in [-0.15, -0.1) is 0 Å². The Morgan fingerprint density at radius 3 is 2.91 bits per heavy atom. The Morgan fingerprint density at radius 2 is 2.22 bits per heavy atom. The number of aromatic nitrogens is 1. The van der Waals surface area contributed by atoms with E-state index in [9.17, 15) is 10.1 Å². The molecule has 0 aliphatic heterocycles. The molecule has 0 unspecified atom stereocenters. The minimum absolute atomic E-state index is 0.105. The van der Waals surface area contributed by atoms with Crippen molar-refractivity contribution in [2.45, 2.75) is 19.9 Å². The zero-order valence-corrected chi connectivity index (χ0v) is 12.7. The molecule has 0 amide bonds. The topological polar surface area (TPSA) is 101 Å². The van der Waals surface area contributed by atoms with E-state index < -0.39 is 4.92 Å². The van der Waals surface area contributed by atoms with Gasteiger partial charge in [0.1, 0.15) is 6.07 Å². The van der Waals surface area contributed by atoms with Crippen LogP contribution >= 0.6 is 0 Å². The molecule has 23 heavy (non-hydrogen) atoms. The molecule has 0 spiro atoms. The van der Waals surface area contributed by atoms with Crippen LogP contribution in [0.5, 0.6) is 5.88 Å². The number of nitriles is 1. The Hall–Kier alpha value is -3.14. The minimum atomic E-state index is -0.523. The lowest BCUT2D eigenvalue weighted by molar-refractivity contribution is -0.384. The zero-order valence-electron chi connectivity index (χ0n) is 12.7. The predicted molar refractivity (Wildman–Crippen MR) is 85.2 cm³/mol. The van der Waals surface area contributed by atoms with E-state index in [0.29, 0.717) is 24.7 Å². The summed E-state index contributed by atoms with van der Waals surface area (Å²) in [5.74, 6) is 0.551. The van der Waals surface area contributed by atoms with E-state index in [4.69, 9.17) is 10.00 Å². The molecule has 0 aliphatic rings. The van der Waals surface area contributed by atoms with Gasteiger partial charge in [0.2, 0.25) is 5.88 Å². The first-order valence-corrected chi connectivity index (χ1v) is 7.14. The summed E-state index contributed by atoms with van der Waals surface area (Å²) in [7, 11) is 0. The molecule has 7 nitrogen and oxygen atoms in total. The fourth-order valence-electron chi connectivity index (χ4n) is 1.94. The molecular weight excluding hydrogens is 296 g/mol. The van der Waals surface area contributed by atoms with Crippen molar-refractivity contribution in [3.63, 3.8) is 0 Å². The van der Waals surface area contributed by atoms with Crippen LogP contribution in [0.1, 0.15) is 24.5 Å². The van der Waals surface area contributed by atoms with E-state index in [-0.39, 0.29) is 11.3 Å². The number of nitro benzene ring substituents is 1. The van der Waals surface area contributed by atoms with Crippen molar-refractivity contribution in [3.05, 3.63) is 57.8 Å². The molecular formula is C16H16N4O3. The number of rotatable bonds is 7. The highest BCUT2D eigenvalue weighted by Crippen LogP contribution is 2.22. The van der Waals surface area contributed by atoms with E-state index in [1.807, 2.05) is 25.1 Å². The Balaban J connectivity index is 2.09. The number of anilines is 1. The maximum absolute atomic E-state index is 10.7. The molecule has 7 heteroatoms. The quantitative estimate of drug-likeness (QED) is 0.622. The second-order valence-electron chi connectivity index (χ2n) is 4.80. The number of non-ortho nitro benzene ring substituents is 1. The van der Waals surface area contributed by atoms with Gasteiger partial charge in [-0.25, -0.2) is 4.98 Å². The van der Waals surface area contributed by atoms with Crippen molar-refractivity contribution in [1.29, 1.82) is 5.26 Å². The van der Waals surface area contributed by atoms with Crippen molar-refractivity contribution in [2.24, 2.45) is 0 Å². The molecule has 0 bridgehead atoms. The number of nitrogens with zero attached hydrogens (tertiary/aromatic N) is 3. The SMILES string of the molecule is CCCOc1cc(CNc2ccc([N+](=O)[O-])cc2C#N)ccn1. The van der Waals surface area contributed by atoms with E-state index in [0.717, 1.165) is 12.0 Å². The van der Waals surface area contributed by atoms with Crippen LogP contribution < -0.4 is 10.1 Å². The van der Waals surface area contributed by atoms with Crippen LogP contribution in [0, 0.1) is 21.4 Å². The Kier molecular flexibility index (Phi) is 5.47. The molecule has 1 N–H and O–H groups in total. The molecule has 1 aromatic heterocycles. The van der Waals surface area contributed by atoms with Gasteiger partial charge in [-0.2, -0.15) is 5.26 Å². The molecule has 0 radical (unpaired) electrons. The van der Waals surface area contributed by atoms with Gasteiger partial charge < -0.3 is 10.1 Å². The summed E-state index contributed by atoms with van der Waals surface area (Å²) in [5, 5.41) is 23.0. The van der Waals surface area contributed by atoms with Crippen LogP contribution in [0.15, 0.2) is 36.5 Å². The highest BCUT2D eigenvalue weighted by Gasteiger charge is 2.10. The zero-order chi connectivity index (χ0) is 16.7. The van der Waals surface area contributed by atoms with Gasteiger partial charge in [-0.1, -0.05) is 6.92 Å². The first-order valence-electron chi connectivity index (χ1n) is 7.14. The van der Waals surface area contributed by atoms with Crippen LogP contribution in [0.2, 0.25) is 0 Å². The highest BCUT2D eigenvalue weighted by atomic mass is 16.6. The molecule has 118 valence electrons. The van der Waals surface area contributed by atoms with Gasteiger partial charge >= 0.3 is 0 Å². The Morgan fingerprint density at radius 1 is 1.39 bits per heavy atom. The fourth-order valence-corrected chi connectivity index (χ4v) is 1.94. The monoisotopic (exact) mass is 312 g/mol. The lowest BCUT2D eigenvalue weighted by atomic mass is 10.1. The van der Waals surface area contributed by atoms with Crippen LogP contribution in [0.4, 0.5) is 11.4 Å². The lowest BCUT2D eigenvalue weighted by Gasteiger charge is -2.09. The fraction of sp³-hybridized carbons (Fsp3) is 0.250. The number of pyridine rings is 1. The van der Waals surface area contributed by atoms with Gasteiger partial charge in [0.25, 0.3) is 5.69 Å². The number of ether oxygens (including phenoxy) is 1. The largest absolute Gasteiger partial charge is 0.478 e. The van der Waals surface area contributed by atoms with Gasteiger partial charge in [0.05, 0.1) is 22.8 Å². The van der Waals surface area contributed by atoms with Gasteiger partial charge in [0.15, 0.2) is 0 Å². The number of nitrogens with one attached hydrogen (secondary N) is 1. The first-order chi connectivity index (χ1) is 11.1. The van der Waals surface area contributed by atoms with Crippen molar-refractivity contribution in [3.8, 4) is 11.9 Å². The summed E-state index contributed by atoms with van der Waals surface area (Å²) in [4.78, 5) is 14.3. The Labute approximate surface area is 133 Å². The van der Waals surface area contributed by atoms with E-state index in [2.05, 4.69) is 10.3 Å². The van der Waals surface area contributed by atoms with Gasteiger partial charge in [-0.05, 0) is 24.1 Å². The predicted octanol–water partition coefficient (Wildman–Crippen LogP) is 3.26. The molecule has 1 heterocycles. The Bertz CT molecular complexity index is 740. The summed E-state index contributed by atoms with van der Waals surface area (Å²) < 4.78 is 5.47. The molecule has 1 aromatic carbocycles. The molecule has 2 aromatic rings. The molecule has 0 fully saturated rings. The molecule has 0 saturated heterocycles. The molecule has 0 aliphatic carbocycles. The highest BCUT2D eigenvalue weighted by molar-refractivity contribution is 5.61. The summed E-state index contributed by atoms with van der Waals surface area (Å²) >= 11 is 0. The summed E-state index contributed by atoms with van der Waals surface area (Å²) in [5.41, 5.74) is 1.61. The first kappa shape index (κ1) is 16.2. The standard InChI is InChI=1S/C16H16N4O3/c1-2-7-23-16-8-12(5-6-18-16)11-19-15-4-3-14(20(21)22)9-13(15)10-17/h3-6,8-9,19H,2,7,11H2,1H3. The van der Waals surface area contributed by atoms with E-state index in [1.165, 1.54) is 18.2 Å². The normalized spacial score (nSPS) is 9.91. The number of benzene rings is 1. The lowest BCUT2D eigenvalue weighted by Crippen LogP contribution is -2.03. The van der Waals surface area contributed by atoms with Crippen LogP contribution in [-0.4, -0.2) is 16.5 Å². The van der Waals surface area contributed by atoms with Crippen molar-refractivity contribution < 1.29 is 9.66 Å². The summed E-state index contributed by atoms with van der Waals surface area (Å²) in [6, 6.07) is 9.77. The van der Waals surface area contributed by atoms with Crippen molar-refractivity contribution in [2.75, 3.05) is 11.9 Å². The molecule has 0 saturated carbocycles. The maximum atomic E-state index is 10.7. The number of nitro groups is 1. The summed E-state index contributed by atoms with van der Waals surface area (Å²) in [6.45, 7) is 3.08. The third kappa shape index (κ3) is 4.41. The van der Waals surface area contributed by atoms with Crippen molar-refractivity contribution >= 4 is 11.4 Å². The smallest absolute Gasteiger partial charge is 0.270 e. The van der Waals surface area contributed by atoms with Gasteiger partial charge in [-0.3, -0.25) is 10.1 Å². The van der Waals surface area contributed by atoms with E-state index >= 15 is 0 Å².